The van der Waals surface area contributed by atoms with Gasteiger partial charge in [0.2, 0.25) is 0 Å². The molecule has 5 rings (SSSR count). The van der Waals surface area contributed by atoms with Gasteiger partial charge in [0.1, 0.15) is 0 Å². The third-order valence-electron chi connectivity index (χ3n) is 6.41. The van der Waals surface area contributed by atoms with Gasteiger partial charge in [-0.3, -0.25) is 25.2 Å². The number of hydrogen-bond donors (Lipinski definition) is 0. The van der Waals surface area contributed by atoms with Crippen LogP contribution in [0.25, 0.3) is 6.08 Å². The highest BCUT2D eigenvalue weighted by Gasteiger charge is 2.41. The van der Waals surface area contributed by atoms with Gasteiger partial charge in [0.05, 0.1) is 27.3 Å². The molecule has 0 aromatic heterocycles. The van der Waals surface area contributed by atoms with Crippen molar-refractivity contribution in [2.45, 2.75) is 25.3 Å². The van der Waals surface area contributed by atoms with Gasteiger partial charge >= 0.3 is 0 Å². The average molecular weight is 454 g/mol. The minimum absolute atomic E-state index is 0.0652. The minimum Gasteiger partial charge on any atom is -0.258 e. The Kier molecular flexibility index (Phi) is 5.63. The Balaban J connectivity index is 1.54. The molecule has 0 bridgehead atoms. The summed E-state index contributed by atoms with van der Waals surface area (Å²) < 4.78 is 0. The zero-order chi connectivity index (χ0) is 23.7. The maximum atomic E-state index is 11.1. The second-order valence-electron chi connectivity index (χ2n) is 8.48. The maximum absolute atomic E-state index is 11.1. The first kappa shape index (κ1) is 21.5. The summed E-state index contributed by atoms with van der Waals surface area (Å²) in [6, 6.07) is 23.1. The quantitative estimate of drug-likeness (QED) is 0.332. The van der Waals surface area contributed by atoms with Gasteiger partial charge in [-0.25, -0.2) is 0 Å². The number of para-hydroxylation sites is 1. The molecule has 0 spiro atoms. The van der Waals surface area contributed by atoms with Gasteiger partial charge in [0.15, 0.2) is 0 Å². The first-order valence-electron chi connectivity index (χ1n) is 11.1. The number of benzene rings is 3. The molecule has 34 heavy (non-hydrogen) atoms. The van der Waals surface area contributed by atoms with Crippen LogP contribution in [0.4, 0.5) is 17.1 Å². The summed E-state index contributed by atoms with van der Waals surface area (Å²) in [4.78, 5) is 21.3. The van der Waals surface area contributed by atoms with Crippen molar-refractivity contribution in [1.29, 1.82) is 0 Å². The second kappa shape index (κ2) is 8.90. The molecule has 3 aromatic carbocycles. The summed E-state index contributed by atoms with van der Waals surface area (Å²) in [5.41, 5.74) is 5.10. The largest absolute Gasteiger partial charge is 0.269 e. The summed E-state index contributed by atoms with van der Waals surface area (Å²) in [7, 11) is 0. The fourth-order valence-electron chi connectivity index (χ4n) is 4.82. The molecule has 1 fully saturated rings. The number of allylic oxidation sites excluding steroid dienone is 1. The fraction of sp³-hybridized carbons (Fsp3) is 0.192. The van der Waals surface area contributed by atoms with Crippen LogP contribution in [0.2, 0.25) is 0 Å². The van der Waals surface area contributed by atoms with Gasteiger partial charge in [-0.1, -0.05) is 30.3 Å². The van der Waals surface area contributed by atoms with Crippen molar-refractivity contribution >= 4 is 28.8 Å². The highest BCUT2D eigenvalue weighted by atomic mass is 16.6. The highest BCUT2D eigenvalue weighted by Crippen LogP contribution is 2.46. The predicted molar refractivity (Wildman–Crippen MR) is 131 cm³/mol. The Morgan fingerprint density at radius 2 is 1.47 bits per heavy atom. The zero-order valence-electron chi connectivity index (χ0n) is 18.3. The van der Waals surface area contributed by atoms with Crippen LogP contribution in [0.15, 0.2) is 89.5 Å². The predicted octanol–water partition coefficient (Wildman–Crippen LogP) is 6.30. The van der Waals surface area contributed by atoms with Crippen LogP contribution in [0.3, 0.4) is 0 Å². The van der Waals surface area contributed by atoms with Crippen molar-refractivity contribution in [3.05, 3.63) is 116 Å². The molecule has 8 heteroatoms. The number of nitrogens with zero attached hydrogens (tertiary/aromatic N) is 4. The number of fused-ring (bicyclic) bond motifs is 1. The normalized spacial score (nSPS) is 20.6. The molecule has 1 aliphatic heterocycles. The van der Waals surface area contributed by atoms with E-state index in [2.05, 4.69) is 6.08 Å². The molecule has 8 nitrogen and oxygen atoms in total. The third kappa shape index (κ3) is 4.05. The molecule has 1 heterocycles. The van der Waals surface area contributed by atoms with Crippen molar-refractivity contribution in [3.8, 4) is 0 Å². The lowest BCUT2D eigenvalue weighted by atomic mass is 9.77. The number of nitro benzene ring substituents is 2. The fourth-order valence-corrected chi connectivity index (χ4v) is 4.82. The minimum atomic E-state index is -0.402. The lowest BCUT2D eigenvalue weighted by molar-refractivity contribution is -0.385. The second-order valence-corrected chi connectivity index (χ2v) is 8.48. The first-order valence-corrected chi connectivity index (χ1v) is 11.1. The number of non-ortho nitro benzene ring substituents is 2. The van der Waals surface area contributed by atoms with E-state index in [1.807, 2.05) is 47.5 Å². The summed E-state index contributed by atoms with van der Waals surface area (Å²) in [6.07, 6.45) is 4.90. The number of anilines is 1. The van der Waals surface area contributed by atoms with Crippen LogP contribution in [0, 0.1) is 26.1 Å². The highest BCUT2D eigenvalue weighted by molar-refractivity contribution is 6.08. The van der Waals surface area contributed by atoms with Crippen molar-refractivity contribution in [1.82, 2.24) is 0 Å². The Hall–Kier alpha value is -4.33. The van der Waals surface area contributed by atoms with Gasteiger partial charge in [0.25, 0.3) is 11.4 Å². The lowest BCUT2D eigenvalue weighted by Gasteiger charge is -2.30. The van der Waals surface area contributed by atoms with Crippen molar-refractivity contribution in [2.75, 3.05) is 5.01 Å². The smallest absolute Gasteiger partial charge is 0.258 e. The van der Waals surface area contributed by atoms with Gasteiger partial charge in [-0.2, -0.15) is 5.10 Å². The Labute approximate surface area is 196 Å². The molecule has 0 saturated heterocycles. The SMILES string of the molecule is O=[N+]([O-])c1ccc(/C=C2/CCC[C@H]3C2=NN(c2ccccc2)[C@@H]3c2ccc([N+](=O)[O-])cc2)cc1. The Morgan fingerprint density at radius 3 is 2.09 bits per heavy atom. The van der Waals surface area contributed by atoms with Crippen molar-refractivity contribution in [2.24, 2.45) is 11.0 Å². The van der Waals surface area contributed by atoms with E-state index in [-0.39, 0.29) is 28.3 Å². The molecule has 0 unspecified atom stereocenters. The van der Waals surface area contributed by atoms with Crippen LogP contribution in [-0.4, -0.2) is 15.6 Å². The van der Waals surface area contributed by atoms with Crippen LogP contribution in [0.1, 0.15) is 36.4 Å². The van der Waals surface area contributed by atoms with E-state index in [1.165, 1.54) is 12.1 Å². The van der Waals surface area contributed by atoms with E-state index in [9.17, 15) is 20.2 Å². The van der Waals surface area contributed by atoms with E-state index in [1.54, 1.807) is 24.3 Å². The van der Waals surface area contributed by atoms with E-state index < -0.39 is 4.92 Å². The van der Waals surface area contributed by atoms with Crippen molar-refractivity contribution < 1.29 is 9.85 Å². The molecule has 0 amide bonds. The van der Waals surface area contributed by atoms with Crippen LogP contribution in [0.5, 0.6) is 0 Å². The number of rotatable bonds is 5. The monoisotopic (exact) mass is 454 g/mol. The number of hydrazone groups is 1. The van der Waals surface area contributed by atoms with Gasteiger partial charge in [-0.05, 0) is 66.3 Å². The van der Waals surface area contributed by atoms with E-state index in [4.69, 9.17) is 5.10 Å². The van der Waals surface area contributed by atoms with Crippen LogP contribution < -0.4 is 5.01 Å². The summed E-state index contributed by atoms with van der Waals surface area (Å²) in [6.45, 7) is 0. The first-order chi connectivity index (χ1) is 16.5. The Bertz CT molecular complexity index is 1280. The topological polar surface area (TPSA) is 102 Å². The summed E-state index contributed by atoms with van der Waals surface area (Å²) in [5.74, 6) is 0.139. The van der Waals surface area contributed by atoms with Crippen LogP contribution >= 0.6 is 0 Å². The summed E-state index contributed by atoms with van der Waals surface area (Å²) >= 11 is 0. The van der Waals surface area contributed by atoms with E-state index in [0.717, 1.165) is 47.4 Å². The van der Waals surface area contributed by atoms with E-state index in [0.29, 0.717) is 0 Å². The zero-order valence-corrected chi connectivity index (χ0v) is 18.3. The Morgan fingerprint density at radius 1 is 0.853 bits per heavy atom. The molecule has 1 saturated carbocycles. The molecular weight excluding hydrogens is 432 g/mol. The summed E-state index contributed by atoms with van der Waals surface area (Å²) in [5, 5.41) is 29.2. The molecule has 2 aliphatic rings. The molecule has 170 valence electrons. The molecule has 3 aromatic rings. The molecule has 0 radical (unpaired) electrons. The van der Waals surface area contributed by atoms with Crippen LogP contribution in [-0.2, 0) is 0 Å². The maximum Gasteiger partial charge on any atom is 0.269 e. The molecular formula is C26H22N4O4. The standard InChI is InChI=1S/C26H22N4O4/c31-29(32)22-13-9-18(10-14-22)17-20-5-4-8-24-25(20)27-28(21-6-2-1-3-7-21)26(24)19-11-15-23(16-12-19)30(33)34/h1-3,6-7,9-17,24,26H,4-5,8H2/b20-17-/t24-,26+/m0/s1. The number of hydrogen-bond acceptors (Lipinski definition) is 6. The molecule has 2 atom stereocenters. The molecule has 0 N–H and O–H groups in total. The van der Waals surface area contributed by atoms with Gasteiger partial charge < -0.3 is 0 Å². The van der Waals surface area contributed by atoms with Crippen molar-refractivity contribution in [3.63, 3.8) is 0 Å². The van der Waals surface area contributed by atoms with Gasteiger partial charge in [0, 0.05) is 30.2 Å². The van der Waals surface area contributed by atoms with E-state index >= 15 is 0 Å². The molecule has 1 aliphatic carbocycles. The van der Waals surface area contributed by atoms with Gasteiger partial charge in [-0.15, -0.1) is 0 Å². The third-order valence-corrected chi connectivity index (χ3v) is 6.41. The number of nitro groups is 2. The lowest BCUT2D eigenvalue weighted by Crippen LogP contribution is -2.28. The average Bonchev–Trinajstić information content (AvgIpc) is 3.26.